The van der Waals surface area contributed by atoms with Crippen molar-refractivity contribution in [2.45, 2.75) is 0 Å². The fourth-order valence-corrected chi connectivity index (χ4v) is 1.58. The van der Waals surface area contributed by atoms with E-state index in [0.29, 0.717) is 5.69 Å². The Morgan fingerprint density at radius 2 is 1.93 bits per heavy atom. The van der Waals surface area contributed by atoms with Crippen molar-refractivity contribution in [3.05, 3.63) is 41.1 Å². The van der Waals surface area contributed by atoms with E-state index in [0.717, 1.165) is 15.9 Å². The number of hydrogen-bond donors (Lipinski definition) is 1. The van der Waals surface area contributed by atoms with E-state index in [4.69, 9.17) is 5.73 Å². The van der Waals surface area contributed by atoms with Gasteiger partial charge in [0.2, 0.25) is 0 Å². The lowest BCUT2D eigenvalue weighted by molar-refractivity contribution is 1.24. The van der Waals surface area contributed by atoms with Gasteiger partial charge in [0.25, 0.3) is 0 Å². The molecule has 2 rings (SSSR count). The molecular weight excluding hydrogens is 242 g/mol. The maximum absolute atomic E-state index is 5.74. The Hall–Kier alpha value is -1.42. The molecule has 4 heteroatoms. The summed E-state index contributed by atoms with van der Waals surface area (Å²) < 4.78 is 0.790. The summed E-state index contributed by atoms with van der Waals surface area (Å²) in [7, 11) is 0. The van der Waals surface area contributed by atoms with Gasteiger partial charge in [-0.05, 0) is 34.1 Å². The third-order valence-corrected chi connectivity index (χ3v) is 2.66. The highest BCUT2D eigenvalue weighted by Crippen LogP contribution is 2.28. The van der Waals surface area contributed by atoms with Gasteiger partial charge in [-0.1, -0.05) is 6.07 Å². The van der Waals surface area contributed by atoms with Crippen molar-refractivity contribution >= 4 is 21.6 Å². The van der Waals surface area contributed by atoms with Crippen LogP contribution in [0.4, 0.5) is 5.69 Å². The minimum atomic E-state index is 0.667. The largest absolute Gasteiger partial charge is 0.398 e. The number of hydrogen-bond acceptors (Lipinski definition) is 3. The molecule has 0 bridgehead atoms. The Bertz CT molecular complexity index is 442. The molecule has 14 heavy (non-hydrogen) atoms. The van der Waals surface area contributed by atoms with Crippen LogP contribution in [0.5, 0.6) is 0 Å². The second kappa shape index (κ2) is 3.75. The highest BCUT2D eigenvalue weighted by molar-refractivity contribution is 9.10. The minimum absolute atomic E-state index is 0.667. The summed E-state index contributed by atoms with van der Waals surface area (Å²) in [5, 5.41) is 0. The van der Waals surface area contributed by atoms with Gasteiger partial charge in [-0.15, -0.1) is 0 Å². The maximum atomic E-state index is 5.74. The zero-order valence-electron chi connectivity index (χ0n) is 7.31. The molecular formula is C10H8BrN3. The summed E-state index contributed by atoms with van der Waals surface area (Å²) in [6.45, 7) is 0. The van der Waals surface area contributed by atoms with E-state index >= 15 is 0 Å². The van der Waals surface area contributed by atoms with E-state index in [1.165, 1.54) is 0 Å². The van der Waals surface area contributed by atoms with Gasteiger partial charge in [0.05, 0.1) is 10.2 Å². The molecule has 0 amide bonds. The zero-order chi connectivity index (χ0) is 9.97. The van der Waals surface area contributed by atoms with Gasteiger partial charge in [0, 0.05) is 18.1 Å². The molecule has 0 saturated heterocycles. The lowest BCUT2D eigenvalue weighted by atomic mass is 10.2. The van der Waals surface area contributed by atoms with Crippen LogP contribution in [0.2, 0.25) is 0 Å². The Labute approximate surface area is 90.1 Å². The SMILES string of the molecule is Nc1ccnc(-c2ccccn2)c1Br. The normalized spacial score (nSPS) is 10.1. The number of nitrogens with zero attached hydrogens (tertiary/aromatic N) is 2. The summed E-state index contributed by atoms with van der Waals surface area (Å²) >= 11 is 3.39. The van der Waals surface area contributed by atoms with Crippen molar-refractivity contribution < 1.29 is 0 Å². The van der Waals surface area contributed by atoms with Crippen molar-refractivity contribution in [3.63, 3.8) is 0 Å². The number of pyridine rings is 2. The molecule has 0 unspecified atom stereocenters. The fourth-order valence-electron chi connectivity index (χ4n) is 1.14. The molecule has 70 valence electrons. The molecule has 0 aliphatic heterocycles. The maximum Gasteiger partial charge on any atom is 0.105 e. The summed E-state index contributed by atoms with van der Waals surface area (Å²) in [6, 6.07) is 7.42. The Morgan fingerprint density at radius 1 is 1.07 bits per heavy atom. The lowest BCUT2D eigenvalue weighted by Gasteiger charge is -2.04. The fraction of sp³-hybridized carbons (Fsp3) is 0. The molecule has 0 radical (unpaired) electrons. The van der Waals surface area contributed by atoms with Crippen LogP contribution in [0.25, 0.3) is 11.4 Å². The Morgan fingerprint density at radius 3 is 2.64 bits per heavy atom. The third kappa shape index (κ3) is 1.61. The summed E-state index contributed by atoms with van der Waals surface area (Å²) in [4.78, 5) is 8.42. The highest BCUT2D eigenvalue weighted by Gasteiger charge is 2.07. The second-order valence-electron chi connectivity index (χ2n) is 2.78. The van der Waals surface area contributed by atoms with Crippen molar-refractivity contribution in [1.29, 1.82) is 0 Å². The van der Waals surface area contributed by atoms with Gasteiger partial charge in [0.15, 0.2) is 0 Å². The number of anilines is 1. The monoisotopic (exact) mass is 249 g/mol. The van der Waals surface area contributed by atoms with Gasteiger partial charge in [-0.25, -0.2) is 0 Å². The molecule has 2 aromatic rings. The summed E-state index contributed by atoms with van der Waals surface area (Å²) in [6.07, 6.45) is 3.40. The zero-order valence-corrected chi connectivity index (χ0v) is 8.90. The van der Waals surface area contributed by atoms with E-state index in [2.05, 4.69) is 25.9 Å². The first-order valence-electron chi connectivity index (χ1n) is 4.10. The van der Waals surface area contributed by atoms with Crippen molar-refractivity contribution in [1.82, 2.24) is 9.97 Å². The number of aromatic nitrogens is 2. The molecule has 0 aliphatic rings. The molecule has 2 heterocycles. The summed E-state index contributed by atoms with van der Waals surface area (Å²) in [5.74, 6) is 0. The number of nitrogens with two attached hydrogens (primary N) is 1. The smallest absolute Gasteiger partial charge is 0.105 e. The minimum Gasteiger partial charge on any atom is -0.398 e. The molecule has 2 aromatic heterocycles. The predicted molar refractivity (Wildman–Crippen MR) is 59.6 cm³/mol. The second-order valence-corrected chi connectivity index (χ2v) is 3.57. The standard InChI is InChI=1S/C10H8BrN3/c11-9-7(12)4-6-14-10(9)8-3-1-2-5-13-8/h1-6H,(H2,12,14). The number of rotatable bonds is 1. The van der Waals surface area contributed by atoms with Gasteiger partial charge in [-0.2, -0.15) is 0 Å². The molecule has 0 atom stereocenters. The van der Waals surface area contributed by atoms with Gasteiger partial charge in [-0.3, -0.25) is 9.97 Å². The van der Waals surface area contributed by atoms with Crippen LogP contribution in [-0.2, 0) is 0 Å². The van der Waals surface area contributed by atoms with Crippen LogP contribution in [0.1, 0.15) is 0 Å². The van der Waals surface area contributed by atoms with Crippen LogP contribution in [0.15, 0.2) is 41.1 Å². The molecule has 0 aliphatic carbocycles. The van der Waals surface area contributed by atoms with E-state index in [9.17, 15) is 0 Å². The molecule has 0 saturated carbocycles. The van der Waals surface area contributed by atoms with Crippen molar-refractivity contribution in [3.8, 4) is 11.4 Å². The van der Waals surface area contributed by atoms with E-state index in [1.54, 1.807) is 18.5 Å². The first-order valence-corrected chi connectivity index (χ1v) is 4.89. The van der Waals surface area contributed by atoms with Gasteiger partial charge >= 0.3 is 0 Å². The van der Waals surface area contributed by atoms with Crippen LogP contribution < -0.4 is 5.73 Å². The molecule has 0 spiro atoms. The van der Waals surface area contributed by atoms with Crippen molar-refractivity contribution in [2.24, 2.45) is 0 Å². The van der Waals surface area contributed by atoms with Crippen molar-refractivity contribution in [2.75, 3.05) is 5.73 Å². The molecule has 0 fully saturated rings. The van der Waals surface area contributed by atoms with E-state index in [-0.39, 0.29) is 0 Å². The highest BCUT2D eigenvalue weighted by atomic mass is 79.9. The lowest BCUT2D eigenvalue weighted by Crippen LogP contribution is -1.93. The van der Waals surface area contributed by atoms with Crippen LogP contribution >= 0.6 is 15.9 Å². The van der Waals surface area contributed by atoms with Crippen LogP contribution in [-0.4, -0.2) is 9.97 Å². The average Bonchev–Trinajstić information content (AvgIpc) is 2.23. The number of nitrogen functional groups attached to an aromatic ring is 1. The molecule has 0 aromatic carbocycles. The number of halogens is 1. The quantitative estimate of drug-likeness (QED) is 0.845. The Kier molecular flexibility index (Phi) is 2.45. The van der Waals surface area contributed by atoms with Gasteiger partial charge < -0.3 is 5.73 Å². The van der Waals surface area contributed by atoms with E-state index < -0.39 is 0 Å². The van der Waals surface area contributed by atoms with Crippen LogP contribution in [0, 0.1) is 0 Å². The van der Waals surface area contributed by atoms with Gasteiger partial charge in [0.1, 0.15) is 5.69 Å². The topological polar surface area (TPSA) is 51.8 Å². The first-order chi connectivity index (χ1) is 6.79. The first kappa shape index (κ1) is 9.15. The third-order valence-electron chi connectivity index (χ3n) is 1.83. The average molecular weight is 250 g/mol. The molecule has 3 nitrogen and oxygen atoms in total. The summed E-state index contributed by atoms with van der Waals surface area (Å²) in [5.41, 5.74) is 7.99. The van der Waals surface area contributed by atoms with Crippen LogP contribution in [0.3, 0.4) is 0 Å². The molecule has 2 N–H and O–H groups in total. The Balaban J connectivity index is 2.58. The predicted octanol–water partition coefficient (Wildman–Crippen LogP) is 2.49. The van der Waals surface area contributed by atoms with E-state index in [1.807, 2.05) is 18.2 Å².